The topological polar surface area (TPSA) is 119 Å². The van der Waals surface area contributed by atoms with Crippen molar-refractivity contribution in [2.24, 2.45) is 0 Å². The maximum atomic E-state index is 16.9. The van der Waals surface area contributed by atoms with Gasteiger partial charge in [-0.1, -0.05) is 30.3 Å². The smallest absolute Gasteiger partial charge is 0.319 e. The number of nitrogens with zero attached hydrogens (tertiary/aromatic N) is 6. The zero-order chi connectivity index (χ0) is 34.1. The van der Waals surface area contributed by atoms with Crippen LogP contribution in [0, 0.1) is 5.82 Å². The number of carbonyl (C=O) groups is 1. The Balaban J connectivity index is 1.18. The summed E-state index contributed by atoms with van der Waals surface area (Å²) in [5.41, 5.74) is 0.934. The standard InChI is InChI=1S/C36H41FN6O5S/c1-40(2)49(46,47)21-31(45)43-24-9-10-25(43)20-41(19-24)34-29-12-11-28(30-18-26(44)17-23-7-3-4-8-27(23)30)32(37)33(29)38-35(39-34)48-22-36-13-5-15-42(36)16-6-14-36/h3-4,7-8,11-12,17-18,24-25,44H,5-6,9-10,13-16,19-22H2,1-2H3/t24-,25+. The molecule has 13 heteroatoms. The van der Waals surface area contributed by atoms with Gasteiger partial charge in [0.1, 0.15) is 29.4 Å². The van der Waals surface area contributed by atoms with Gasteiger partial charge in [0.05, 0.1) is 5.54 Å². The van der Waals surface area contributed by atoms with Gasteiger partial charge in [-0.25, -0.2) is 17.1 Å². The van der Waals surface area contributed by atoms with Gasteiger partial charge < -0.3 is 19.6 Å². The molecule has 4 aliphatic rings. The van der Waals surface area contributed by atoms with E-state index in [1.54, 1.807) is 23.1 Å². The van der Waals surface area contributed by atoms with Crippen molar-refractivity contribution in [1.29, 1.82) is 0 Å². The first kappa shape index (κ1) is 32.2. The van der Waals surface area contributed by atoms with Crippen LogP contribution in [0.4, 0.5) is 10.2 Å². The quantitative estimate of drug-likeness (QED) is 0.288. The first-order valence-electron chi connectivity index (χ1n) is 17.1. The Kier molecular flexibility index (Phi) is 7.91. The van der Waals surface area contributed by atoms with Gasteiger partial charge in [-0.2, -0.15) is 9.97 Å². The third-order valence-corrected chi connectivity index (χ3v) is 12.8. The number of aromatic nitrogens is 2. The lowest BCUT2D eigenvalue weighted by atomic mass is 9.95. The predicted octanol–water partition coefficient (Wildman–Crippen LogP) is 4.37. The SMILES string of the molecule is CN(C)S(=O)(=O)CC(=O)N1[C@@H]2CC[C@H]1CN(c1nc(OCC34CCCN3CCC4)nc3c(F)c(-c4cc(O)cc5ccccc45)ccc13)C2. The minimum Gasteiger partial charge on any atom is -0.508 e. The Morgan fingerprint density at radius 1 is 1.00 bits per heavy atom. The minimum atomic E-state index is -3.70. The second-order valence-electron chi connectivity index (χ2n) is 14.2. The fourth-order valence-corrected chi connectivity index (χ4v) is 9.38. The van der Waals surface area contributed by atoms with Crippen molar-refractivity contribution in [3.8, 4) is 22.9 Å². The van der Waals surface area contributed by atoms with Gasteiger partial charge in [-0.3, -0.25) is 9.69 Å². The van der Waals surface area contributed by atoms with Crippen molar-refractivity contribution >= 4 is 43.4 Å². The highest BCUT2D eigenvalue weighted by Gasteiger charge is 2.46. The largest absolute Gasteiger partial charge is 0.508 e. The van der Waals surface area contributed by atoms with Crippen LogP contribution in [0.5, 0.6) is 11.8 Å². The van der Waals surface area contributed by atoms with Gasteiger partial charge >= 0.3 is 6.01 Å². The second kappa shape index (κ2) is 12.1. The Labute approximate surface area is 285 Å². The number of ether oxygens (including phenoxy) is 1. The summed E-state index contributed by atoms with van der Waals surface area (Å²) in [5, 5.41) is 12.7. The highest BCUT2D eigenvalue weighted by Crippen LogP contribution is 2.42. The van der Waals surface area contributed by atoms with Crippen LogP contribution in [0.25, 0.3) is 32.8 Å². The van der Waals surface area contributed by atoms with Crippen LogP contribution in [0.15, 0.2) is 48.5 Å². The number of anilines is 1. The van der Waals surface area contributed by atoms with E-state index in [-0.39, 0.29) is 34.9 Å². The predicted molar refractivity (Wildman–Crippen MR) is 186 cm³/mol. The number of hydrogen-bond donors (Lipinski definition) is 1. The molecular formula is C36H41FN6O5S. The summed E-state index contributed by atoms with van der Waals surface area (Å²) in [5.74, 6) is -0.933. The normalized spacial score (nSPS) is 22.0. The maximum Gasteiger partial charge on any atom is 0.319 e. The average molecular weight is 689 g/mol. The molecule has 11 nitrogen and oxygen atoms in total. The lowest BCUT2D eigenvalue weighted by Gasteiger charge is -2.42. The number of hydrogen-bond acceptors (Lipinski definition) is 9. The van der Waals surface area contributed by atoms with E-state index in [0.717, 1.165) is 66.7 Å². The minimum absolute atomic E-state index is 0.0406. The van der Waals surface area contributed by atoms with Crippen LogP contribution >= 0.6 is 0 Å². The van der Waals surface area contributed by atoms with Gasteiger partial charge in [-0.15, -0.1) is 0 Å². The van der Waals surface area contributed by atoms with Crippen LogP contribution < -0.4 is 9.64 Å². The third kappa shape index (κ3) is 5.55. The molecular weight excluding hydrogens is 647 g/mol. The van der Waals surface area contributed by atoms with Gasteiger partial charge in [0, 0.05) is 50.2 Å². The first-order valence-corrected chi connectivity index (χ1v) is 18.7. The summed E-state index contributed by atoms with van der Waals surface area (Å²) in [7, 11) is -0.845. The summed E-state index contributed by atoms with van der Waals surface area (Å²) < 4.78 is 49.5. The number of halogens is 1. The molecule has 5 heterocycles. The molecule has 1 aromatic heterocycles. The van der Waals surface area contributed by atoms with Crippen molar-refractivity contribution < 1.29 is 27.4 Å². The number of carbonyl (C=O) groups excluding carboxylic acids is 1. The van der Waals surface area contributed by atoms with Crippen molar-refractivity contribution in [1.82, 2.24) is 24.1 Å². The number of benzene rings is 3. The molecule has 4 aliphatic heterocycles. The van der Waals surface area contributed by atoms with E-state index in [4.69, 9.17) is 14.7 Å². The summed E-state index contributed by atoms with van der Waals surface area (Å²) in [6.07, 6.45) is 5.79. The lowest BCUT2D eigenvalue weighted by molar-refractivity contribution is -0.131. The Hall–Kier alpha value is -4.07. The molecule has 0 unspecified atom stereocenters. The number of phenols is 1. The first-order chi connectivity index (χ1) is 23.5. The Morgan fingerprint density at radius 3 is 2.43 bits per heavy atom. The molecule has 258 valence electrons. The molecule has 0 radical (unpaired) electrons. The molecule has 0 aliphatic carbocycles. The van der Waals surface area contributed by atoms with Gasteiger partial charge in [0.15, 0.2) is 5.82 Å². The van der Waals surface area contributed by atoms with E-state index in [1.165, 1.54) is 14.1 Å². The number of rotatable bonds is 8. The molecule has 4 saturated heterocycles. The van der Waals surface area contributed by atoms with E-state index in [9.17, 15) is 18.3 Å². The monoisotopic (exact) mass is 688 g/mol. The zero-order valence-electron chi connectivity index (χ0n) is 27.8. The highest BCUT2D eigenvalue weighted by atomic mass is 32.2. The zero-order valence-corrected chi connectivity index (χ0v) is 28.6. The summed E-state index contributed by atoms with van der Waals surface area (Å²) in [4.78, 5) is 29.2. The van der Waals surface area contributed by atoms with E-state index in [1.807, 2.05) is 30.3 Å². The number of piperazine rings is 1. The molecule has 1 N–H and O–H groups in total. The van der Waals surface area contributed by atoms with Crippen LogP contribution in [0.3, 0.4) is 0 Å². The number of aromatic hydroxyl groups is 1. The Morgan fingerprint density at radius 2 is 1.71 bits per heavy atom. The molecule has 2 atom stereocenters. The van der Waals surface area contributed by atoms with Crippen molar-refractivity contribution in [3.05, 3.63) is 54.3 Å². The highest BCUT2D eigenvalue weighted by molar-refractivity contribution is 7.89. The van der Waals surface area contributed by atoms with E-state index < -0.39 is 27.5 Å². The van der Waals surface area contributed by atoms with Gasteiger partial charge in [0.25, 0.3) is 0 Å². The number of sulfonamides is 1. The maximum absolute atomic E-state index is 16.9. The van der Waals surface area contributed by atoms with E-state index >= 15 is 4.39 Å². The van der Waals surface area contributed by atoms with Crippen LogP contribution in [0.2, 0.25) is 0 Å². The molecule has 8 rings (SSSR count). The van der Waals surface area contributed by atoms with Gasteiger partial charge in [0.2, 0.25) is 15.9 Å². The van der Waals surface area contributed by atoms with Crippen LogP contribution in [0.1, 0.15) is 38.5 Å². The summed E-state index contributed by atoms with van der Waals surface area (Å²) >= 11 is 0. The molecule has 1 amide bonds. The van der Waals surface area contributed by atoms with E-state index in [0.29, 0.717) is 42.0 Å². The molecule has 2 bridgehead atoms. The number of fused-ring (bicyclic) bond motifs is 5. The van der Waals surface area contributed by atoms with Crippen molar-refractivity contribution in [2.45, 2.75) is 56.1 Å². The van der Waals surface area contributed by atoms with Crippen molar-refractivity contribution in [2.75, 3.05) is 57.5 Å². The Bertz CT molecular complexity index is 2050. The second-order valence-corrected chi connectivity index (χ2v) is 16.4. The molecule has 4 fully saturated rings. The number of phenolic OH excluding ortho intramolecular Hbond substituents is 1. The molecule has 3 aromatic carbocycles. The fraction of sp³-hybridized carbons (Fsp3) is 0.472. The van der Waals surface area contributed by atoms with E-state index in [2.05, 4.69) is 9.80 Å². The summed E-state index contributed by atoms with van der Waals surface area (Å²) in [6.45, 7) is 3.36. The lowest BCUT2D eigenvalue weighted by Crippen LogP contribution is -2.57. The molecule has 0 spiro atoms. The summed E-state index contributed by atoms with van der Waals surface area (Å²) in [6, 6.07) is 14.0. The van der Waals surface area contributed by atoms with Crippen molar-refractivity contribution in [3.63, 3.8) is 0 Å². The molecule has 49 heavy (non-hydrogen) atoms. The molecule has 4 aromatic rings. The third-order valence-electron chi connectivity index (χ3n) is 11.1. The van der Waals surface area contributed by atoms with Gasteiger partial charge in [-0.05, 0) is 86.1 Å². The average Bonchev–Trinajstić information content (AvgIpc) is 3.74. The van der Waals surface area contributed by atoms with Crippen LogP contribution in [-0.2, 0) is 14.8 Å². The molecule has 0 saturated carbocycles. The fourth-order valence-electron chi connectivity index (χ4n) is 8.66. The van der Waals surface area contributed by atoms with Crippen LogP contribution in [-0.4, -0.2) is 114 Å². The number of amides is 1.